The zero-order chi connectivity index (χ0) is 17.6. The summed E-state index contributed by atoms with van der Waals surface area (Å²) in [5, 5.41) is 0. The number of hydrogen-bond acceptors (Lipinski definition) is 3. The average molecular weight is 352 g/mol. The highest BCUT2D eigenvalue weighted by Gasteiger charge is 2.26. The zero-order valence-electron chi connectivity index (χ0n) is 14.6. The Morgan fingerprint density at radius 1 is 1.21 bits per heavy atom. The van der Waals surface area contributed by atoms with Crippen LogP contribution in [0.5, 0.6) is 0 Å². The number of sulfonamides is 1. The van der Waals surface area contributed by atoms with Gasteiger partial charge in [-0.15, -0.1) is 0 Å². The molecule has 1 amide bonds. The number of benzene rings is 1. The fourth-order valence-corrected chi connectivity index (χ4v) is 3.62. The molecule has 1 aromatic carbocycles. The number of aryl methyl sites for hydroxylation is 2. The van der Waals surface area contributed by atoms with E-state index in [-0.39, 0.29) is 11.9 Å². The molecule has 0 aromatic heterocycles. The second-order valence-electron chi connectivity index (χ2n) is 6.53. The minimum Gasteiger partial charge on any atom is -0.338 e. The van der Waals surface area contributed by atoms with Crippen LogP contribution in [0.25, 0.3) is 0 Å². The maximum Gasteiger partial charge on any atom is 0.223 e. The van der Waals surface area contributed by atoms with E-state index in [1.54, 1.807) is 0 Å². The molecule has 1 N–H and O–H groups in total. The summed E-state index contributed by atoms with van der Waals surface area (Å²) >= 11 is 0. The molecule has 2 rings (SSSR count). The van der Waals surface area contributed by atoms with E-state index in [1.807, 2.05) is 4.90 Å². The number of carbonyl (C=O) groups excluding carboxylic acids is 1. The van der Waals surface area contributed by atoms with E-state index < -0.39 is 10.0 Å². The van der Waals surface area contributed by atoms with E-state index in [1.165, 1.54) is 11.1 Å². The molecule has 1 aliphatic heterocycles. The second kappa shape index (κ2) is 8.62. The molecule has 0 saturated carbocycles. The Hall–Kier alpha value is -1.40. The highest BCUT2D eigenvalue weighted by Crippen LogP contribution is 2.18. The van der Waals surface area contributed by atoms with Crippen LogP contribution >= 0.6 is 0 Å². The highest BCUT2D eigenvalue weighted by atomic mass is 32.2. The van der Waals surface area contributed by atoms with Crippen LogP contribution in [0, 0.1) is 0 Å². The van der Waals surface area contributed by atoms with E-state index in [9.17, 15) is 13.2 Å². The van der Waals surface area contributed by atoms with Gasteiger partial charge in [0.05, 0.1) is 6.26 Å². The van der Waals surface area contributed by atoms with Gasteiger partial charge in [-0.2, -0.15) is 0 Å². The van der Waals surface area contributed by atoms with Crippen molar-refractivity contribution in [1.29, 1.82) is 0 Å². The summed E-state index contributed by atoms with van der Waals surface area (Å²) in [5.74, 6) is 0.120. The molecule has 0 spiro atoms. The van der Waals surface area contributed by atoms with Gasteiger partial charge in [0.2, 0.25) is 15.9 Å². The number of rotatable bonds is 7. The van der Waals surface area contributed by atoms with Gasteiger partial charge in [0, 0.05) is 25.6 Å². The van der Waals surface area contributed by atoms with Crippen molar-refractivity contribution in [1.82, 2.24) is 9.62 Å². The Morgan fingerprint density at radius 2 is 1.88 bits per heavy atom. The Morgan fingerprint density at radius 3 is 2.50 bits per heavy atom. The van der Waals surface area contributed by atoms with E-state index in [0.717, 1.165) is 44.9 Å². The topological polar surface area (TPSA) is 66.5 Å². The molecule has 1 aliphatic rings. The Bertz CT molecular complexity index is 641. The lowest BCUT2D eigenvalue weighted by Gasteiger charge is -2.36. The Labute approximate surface area is 145 Å². The van der Waals surface area contributed by atoms with Crippen molar-refractivity contribution in [2.75, 3.05) is 19.3 Å². The van der Waals surface area contributed by atoms with Crippen LogP contribution in [0.15, 0.2) is 24.3 Å². The molecule has 24 heavy (non-hydrogen) atoms. The lowest BCUT2D eigenvalue weighted by Crippen LogP contribution is -2.49. The summed E-state index contributed by atoms with van der Waals surface area (Å²) in [5.41, 5.74) is 2.47. The van der Waals surface area contributed by atoms with Crippen LogP contribution in [0.2, 0.25) is 0 Å². The fraction of sp³-hybridized carbons (Fsp3) is 0.611. The van der Waals surface area contributed by atoms with Gasteiger partial charge >= 0.3 is 0 Å². The fourth-order valence-electron chi connectivity index (χ4n) is 3.13. The van der Waals surface area contributed by atoms with Crippen molar-refractivity contribution in [2.24, 2.45) is 0 Å². The lowest BCUT2D eigenvalue weighted by atomic mass is 10.0. The van der Waals surface area contributed by atoms with Crippen LogP contribution in [-0.2, 0) is 27.7 Å². The Balaban J connectivity index is 1.90. The van der Waals surface area contributed by atoms with E-state index in [0.29, 0.717) is 13.0 Å². The normalized spacial score (nSPS) is 18.6. The maximum atomic E-state index is 12.6. The first kappa shape index (κ1) is 18.9. The molecule has 5 nitrogen and oxygen atoms in total. The van der Waals surface area contributed by atoms with Crippen LogP contribution in [-0.4, -0.2) is 44.6 Å². The highest BCUT2D eigenvalue weighted by molar-refractivity contribution is 7.88. The van der Waals surface area contributed by atoms with Crippen molar-refractivity contribution in [3.63, 3.8) is 0 Å². The number of likely N-dealkylation sites (tertiary alicyclic amines) is 1. The third-order valence-electron chi connectivity index (χ3n) is 4.59. The number of nitrogens with one attached hydrogen (secondary N) is 1. The molecule has 0 unspecified atom stereocenters. The summed E-state index contributed by atoms with van der Waals surface area (Å²) in [6.45, 7) is 3.17. The zero-order valence-corrected chi connectivity index (χ0v) is 15.4. The smallest absolute Gasteiger partial charge is 0.223 e. The second-order valence-corrected chi connectivity index (χ2v) is 8.36. The third kappa shape index (κ3) is 5.91. The first-order chi connectivity index (χ1) is 11.4. The van der Waals surface area contributed by atoms with Crippen LogP contribution in [0.1, 0.15) is 43.7 Å². The Kier molecular flexibility index (Phi) is 6.80. The molecule has 1 heterocycles. The summed E-state index contributed by atoms with van der Waals surface area (Å²) in [6.07, 6.45) is 6.26. The SMILES string of the molecule is CCc1ccc(CCC(=O)N2CCCC[C@@H]2CNS(C)(=O)=O)cc1. The van der Waals surface area contributed by atoms with Gasteiger partial charge < -0.3 is 4.90 Å². The van der Waals surface area contributed by atoms with Crippen molar-refractivity contribution in [3.8, 4) is 0 Å². The van der Waals surface area contributed by atoms with Gasteiger partial charge in [-0.05, 0) is 43.2 Å². The molecule has 1 fully saturated rings. The van der Waals surface area contributed by atoms with Gasteiger partial charge in [0.15, 0.2) is 0 Å². The summed E-state index contributed by atoms with van der Waals surface area (Å²) in [6, 6.07) is 8.37. The molecule has 6 heteroatoms. The standard InChI is InChI=1S/C18H28N2O3S/c1-3-15-7-9-16(10-8-15)11-12-18(21)20-13-5-4-6-17(20)14-19-24(2,22)23/h7-10,17,19H,3-6,11-14H2,1-2H3/t17-/m1/s1. The molecule has 0 bridgehead atoms. The van der Waals surface area contributed by atoms with Crippen molar-refractivity contribution >= 4 is 15.9 Å². The molecule has 134 valence electrons. The average Bonchev–Trinajstić information content (AvgIpc) is 2.58. The van der Waals surface area contributed by atoms with Crippen molar-refractivity contribution in [3.05, 3.63) is 35.4 Å². The first-order valence-electron chi connectivity index (χ1n) is 8.71. The maximum absolute atomic E-state index is 12.6. The molecular formula is C18H28N2O3S. The molecule has 0 radical (unpaired) electrons. The number of nitrogens with zero attached hydrogens (tertiary/aromatic N) is 1. The third-order valence-corrected chi connectivity index (χ3v) is 5.28. The van der Waals surface area contributed by atoms with Gasteiger partial charge in [-0.25, -0.2) is 13.1 Å². The minimum atomic E-state index is -3.22. The quantitative estimate of drug-likeness (QED) is 0.817. The predicted octanol–water partition coefficient (Wildman–Crippen LogP) is 2.11. The molecule has 0 aliphatic carbocycles. The van der Waals surface area contributed by atoms with Gasteiger partial charge in [-0.3, -0.25) is 4.79 Å². The lowest BCUT2D eigenvalue weighted by molar-refractivity contribution is -0.134. The molecular weight excluding hydrogens is 324 g/mol. The number of amides is 1. The van der Waals surface area contributed by atoms with E-state index in [2.05, 4.69) is 35.9 Å². The number of piperidine rings is 1. The first-order valence-corrected chi connectivity index (χ1v) is 10.6. The molecule has 1 saturated heterocycles. The summed E-state index contributed by atoms with van der Waals surface area (Å²) < 4.78 is 25.1. The van der Waals surface area contributed by atoms with Gasteiger partial charge in [0.25, 0.3) is 0 Å². The van der Waals surface area contributed by atoms with Crippen LogP contribution in [0.3, 0.4) is 0 Å². The van der Waals surface area contributed by atoms with Crippen molar-refractivity contribution in [2.45, 2.75) is 51.5 Å². The minimum absolute atomic E-state index is 0.0246. The summed E-state index contributed by atoms with van der Waals surface area (Å²) in [4.78, 5) is 14.4. The van der Waals surface area contributed by atoms with Gasteiger partial charge in [0.1, 0.15) is 0 Å². The van der Waals surface area contributed by atoms with Gasteiger partial charge in [-0.1, -0.05) is 31.2 Å². The number of hydrogen-bond donors (Lipinski definition) is 1. The predicted molar refractivity (Wildman–Crippen MR) is 96.3 cm³/mol. The van der Waals surface area contributed by atoms with Crippen LogP contribution in [0.4, 0.5) is 0 Å². The molecule has 1 aromatic rings. The van der Waals surface area contributed by atoms with Crippen LogP contribution < -0.4 is 4.72 Å². The van der Waals surface area contributed by atoms with Crippen molar-refractivity contribution < 1.29 is 13.2 Å². The summed E-state index contributed by atoms with van der Waals surface area (Å²) in [7, 11) is -3.22. The van der Waals surface area contributed by atoms with E-state index >= 15 is 0 Å². The monoisotopic (exact) mass is 352 g/mol. The van der Waals surface area contributed by atoms with E-state index in [4.69, 9.17) is 0 Å². The largest absolute Gasteiger partial charge is 0.338 e. The number of carbonyl (C=O) groups is 1. The molecule has 1 atom stereocenters.